The lowest BCUT2D eigenvalue weighted by molar-refractivity contribution is -0.319. The van der Waals surface area contributed by atoms with Crippen LogP contribution in [0.15, 0.2) is 30.3 Å². The number of aliphatic hydroxyl groups excluding tert-OH is 2. The summed E-state index contributed by atoms with van der Waals surface area (Å²) in [5.74, 6) is -2.79. The van der Waals surface area contributed by atoms with Gasteiger partial charge in [0.1, 0.15) is 30.6 Å². The number of benzene rings is 1. The van der Waals surface area contributed by atoms with E-state index >= 15 is 0 Å². The van der Waals surface area contributed by atoms with Crippen LogP contribution in [0.2, 0.25) is 0 Å². The van der Waals surface area contributed by atoms with Gasteiger partial charge in [0, 0.05) is 44.0 Å². The number of esters is 1. The van der Waals surface area contributed by atoms with Crippen molar-refractivity contribution in [3.05, 3.63) is 35.9 Å². The van der Waals surface area contributed by atoms with Crippen molar-refractivity contribution in [1.82, 2.24) is 9.80 Å². The van der Waals surface area contributed by atoms with E-state index in [-0.39, 0.29) is 49.6 Å². The fraction of sp³-hybridized carbons (Fsp3) is 0.844. The second-order valence-corrected chi connectivity index (χ2v) is 19.2. The first-order chi connectivity index (χ1) is 27.6. The van der Waals surface area contributed by atoms with Gasteiger partial charge in [-0.25, -0.2) is 0 Å². The first-order valence-electron chi connectivity index (χ1n) is 21.8. The Hall–Kier alpha value is -1.79. The van der Waals surface area contributed by atoms with Crippen LogP contribution in [0.3, 0.4) is 0 Å². The minimum atomic E-state index is -1.59. The monoisotopic (exact) mass is 837 g/mol. The van der Waals surface area contributed by atoms with E-state index in [2.05, 4.69) is 30.9 Å². The van der Waals surface area contributed by atoms with E-state index in [9.17, 15) is 25.2 Å². The molecule has 5 rings (SSSR count). The number of rotatable bonds is 9. The summed E-state index contributed by atoms with van der Waals surface area (Å²) >= 11 is 0. The van der Waals surface area contributed by atoms with E-state index in [1.807, 2.05) is 58.0 Å². The fourth-order valence-corrected chi connectivity index (χ4v) is 10.8. The highest BCUT2D eigenvalue weighted by atomic mass is 16.7. The molecule has 4 heterocycles. The Balaban J connectivity index is 1.62. The molecule has 1 aromatic carbocycles. The van der Waals surface area contributed by atoms with Gasteiger partial charge in [0.15, 0.2) is 12.6 Å². The molecule has 4 N–H and O–H groups in total. The molecule has 59 heavy (non-hydrogen) atoms. The summed E-state index contributed by atoms with van der Waals surface area (Å²) in [6.07, 6.45) is -7.36. The molecule has 0 saturated carbocycles. The molecule has 1 aromatic rings. The van der Waals surface area contributed by atoms with Crippen molar-refractivity contribution in [2.45, 2.75) is 192 Å². The first-order valence-corrected chi connectivity index (χ1v) is 21.8. The fourth-order valence-electron chi connectivity index (χ4n) is 10.8. The Bertz CT molecular complexity index is 1500. The number of nitrogens with zero attached hydrogens (tertiary/aromatic N) is 2. The SMILES string of the molecule is CC[C@H]1OC(=O)[C@H](C)[C@@H](OC2CC(C)(OC)C(O)C(C)O2)[C@H](C)[C@@H](OC2OC(C)CC(N(C)C)C2O)[C@](C)(O)C[C@@H](C)[C@H]2[C@H](C)[C@@H](OCN2Cc2ccccc2)[C@]1(C)O. The van der Waals surface area contributed by atoms with Gasteiger partial charge in [-0.3, -0.25) is 9.69 Å². The Morgan fingerprint density at radius 2 is 1.59 bits per heavy atom. The van der Waals surface area contributed by atoms with E-state index in [0.29, 0.717) is 19.4 Å². The summed E-state index contributed by atoms with van der Waals surface area (Å²) in [6, 6.07) is 9.65. The van der Waals surface area contributed by atoms with Crippen LogP contribution in [0, 0.1) is 23.7 Å². The highest BCUT2D eigenvalue weighted by Gasteiger charge is 2.55. The smallest absolute Gasteiger partial charge is 0.311 e. The number of cyclic esters (lactones) is 1. The van der Waals surface area contributed by atoms with Gasteiger partial charge in [0.05, 0.1) is 47.6 Å². The summed E-state index contributed by atoms with van der Waals surface area (Å²) < 4.78 is 44.9. The number of aliphatic hydroxyl groups is 4. The standard InChI is InChI=1S/C45H76N2O12/c1-14-33-45(10,52)40-27(4)35(47(24-54-40)23-31-18-16-15-17-19-31)25(2)21-43(8,51)39(59-42-36(48)32(46(11)12)20-26(3)55-42)28(5)37(29(6)41(50)57-33)58-34-22-44(9,53-13)38(49)30(7)56-34/h15-19,25-30,32-40,42,48-49,51-52H,14,20-24H2,1-13H3/t25-,26?,27+,28+,29-,30?,32?,33-,34?,35+,36?,37+,38?,39-,40-,42?,43-,44?,45-/m1/s1. The zero-order chi connectivity index (χ0) is 43.8. The van der Waals surface area contributed by atoms with Gasteiger partial charge in [0.25, 0.3) is 0 Å². The maximum Gasteiger partial charge on any atom is 0.311 e. The molecule has 4 fully saturated rings. The third kappa shape index (κ3) is 10.4. The number of hydrogen-bond acceptors (Lipinski definition) is 14. The van der Waals surface area contributed by atoms with Crippen LogP contribution in [-0.2, 0) is 44.5 Å². The lowest BCUT2D eigenvalue weighted by Gasteiger charge is -2.53. The van der Waals surface area contributed by atoms with Crippen molar-refractivity contribution in [2.24, 2.45) is 23.7 Å². The van der Waals surface area contributed by atoms with Crippen molar-refractivity contribution in [2.75, 3.05) is 27.9 Å². The highest BCUT2D eigenvalue weighted by Crippen LogP contribution is 2.44. The number of methoxy groups -OCH3 is 1. The van der Waals surface area contributed by atoms with Crippen LogP contribution < -0.4 is 0 Å². The summed E-state index contributed by atoms with van der Waals surface area (Å²) in [7, 11) is 5.34. The number of fused-ring (bicyclic) bond motifs is 2. The minimum Gasteiger partial charge on any atom is -0.459 e. The number of carbonyl (C=O) groups excluding carboxylic acids is 1. The zero-order valence-corrected chi connectivity index (χ0v) is 37.8. The molecule has 0 aliphatic carbocycles. The number of ether oxygens (including phenoxy) is 7. The van der Waals surface area contributed by atoms with Gasteiger partial charge in [-0.1, -0.05) is 58.0 Å². The Kier molecular flexibility index (Phi) is 15.8. The van der Waals surface area contributed by atoms with Crippen LogP contribution in [0.4, 0.5) is 0 Å². The molecule has 4 aliphatic rings. The zero-order valence-electron chi connectivity index (χ0n) is 37.8. The van der Waals surface area contributed by atoms with Crippen molar-refractivity contribution in [3.63, 3.8) is 0 Å². The molecule has 19 atom stereocenters. The molecule has 2 bridgehead atoms. The normalized spacial score (nSPS) is 47.1. The molecule has 0 aromatic heterocycles. The highest BCUT2D eigenvalue weighted by molar-refractivity contribution is 5.73. The Morgan fingerprint density at radius 1 is 0.932 bits per heavy atom. The summed E-state index contributed by atoms with van der Waals surface area (Å²) in [5, 5.41) is 48.2. The molecule has 14 nitrogen and oxygen atoms in total. The van der Waals surface area contributed by atoms with Crippen LogP contribution >= 0.6 is 0 Å². The third-order valence-corrected chi connectivity index (χ3v) is 14.1. The summed E-state index contributed by atoms with van der Waals surface area (Å²) in [5.41, 5.74) is -3.09. The van der Waals surface area contributed by atoms with Crippen molar-refractivity contribution < 1.29 is 58.4 Å². The molecule has 338 valence electrons. The largest absolute Gasteiger partial charge is 0.459 e. The molecule has 0 spiro atoms. The molecule has 4 aliphatic heterocycles. The van der Waals surface area contributed by atoms with Gasteiger partial charge < -0.3 is 58.5 Å². The van der Waals surface area contributed by atoms with Gasteiger partial charge in [-0.15, -0.1) is 0 Å². The van der Waals surface area contributed by atoms with Crippen molar-refractivity contribution >= 4 is 5.97 Å². The lowest BCUT2D eigenvalue weighted by Crippen LogP contribution is -2.65. The predicted octanol–water partition coefficient (Wildman–Crippen LogP) is 4.08. The molecular weight excluding hydrogens is 760 g/mol. The molecular formula is C45H76N2O12. The number of hydrogen-bond donors (Lipinski definition) is 4. The topological polar surface area (TPSA) is 169 Å². The molecule has 8 unspecified atom stereocenters. The quantitative estimate of drug-likeness (QED) is 0.263. The molecule has 0 amide bonds. The van der Waals surface area contributed by atoms with Crippen LogP contribution in [-0.4, -0.2) is 154 Å². The van der Waals surface area contributed by atoms with E-state index in [4.69, 9.17) is 33.2 Å². The second-order valence-electron chi connectivity index (χ2n) is 19.2. The maximum atomic E-state index is 14.5. The van der Waals surface area contributed by atoms with Crippen molar-refractivity contribution in [3.8, 4) is 0 Å². The number of likely N-dealkylation sites (N-methyl/N-ethyl adjacent to an activating group) is 1. The Labute approximate surface area is 352 Å². The lowest BCUT2D eigenvalue weighted by atomic mass is 9.71. The third-order valence-electron chi connectivity index (χ3n) is 14.1. The minimum absolute atomic E-state index is 0.146. The first kappa shape index (κ1) is 48.2. The summed E-state index contributed by atoms with van der Waals surface area (Å²) in [4.78, 5) is 18.7. The van der Waals surface area contributed by atoms with Gasteiger partial charge >= 0.3 is 5.97 Å². The Morgan fingerprint density at radius 3 is 2.20 bits per heavy atom. The average molecular weight is 837 g/mol. The van der Waals surface area contributed by atoms with Crippen LogP contribution in [0.1, 0.15) is 100 Å². The van der Waals surface area contributed by atoms with E-state index in [0.717, 1.165) is 5.56 Å². The van der Waals surface area contributed by atoms with Gasteiger partial charge in [-0.2, -0.15) is 0 Å². The molecule has 14 heteroatoms. The second kappa shape index (κ2) is 19.3. The van der Waals surface area contributed by atoms with E-state index in [1.54, 1.807) is 34.6 Å². The molecule has 4 saturated heterocycles. The molecule has 0 radical (unpaired) electrons. The van der Waals surface area contributed by atoms with Gasteiger partial charge in [0.2, 0.25) is 0 Å². The summed E-state index contributed by atoms with van der Waals surface area (Å²) in [6.45, 7) is 19.3. The number of carbonyl (C=O) groups is 1. The van der Waals surface area contributed by atoms with E-state index < -0.39 is 89.9 Å². The van der Waals surface area contributed by atoms with Crippen LogP contribution in [0.5, 0.6) is 0 Å². The van der Waals surface area contributed by atoms with E-state index in [1.165, 1.54) is 7.11 Å². The average Bonchev–Trinajstić information content (AvgIpc) is 3.17. The van der Waals surface area contributed by atoms with Gasteiger partial charge in [-0.05, 0) is 86.4 Å². The van der Waals surface area contributed by atoms with Crippen LogP contribution in [0.25, 0.3) is 0 Å². The maximum absolute atomic E-state index is 14.5. The van der Waals surface area contributed by atoms with Crippen molar-refractivity contribution in [1.29, 1.82) is 0 Å². The predicted molar refractivity (Wildman–Crippen MR) is 221 cm³/mol.